The summed E-state index contributed by atoms with van der Waals surface area (Å²) in [7, 11) is 1.44. The van der Waals surface area contributed by atoms with Gasteiger partial charge in [-0.05, 0) is 60.2 Å². The molecule has 0 spiro atoms. The lowest BCUT2D eigenvalue weighted by Gasteiger charge is -2.10. The van der Waals surface area contributed by atoms with Crippen LogP contribution in [-0.4, -0.2) is 37.7 Å². The lowest BCUT2D eigenvalue weighted by Crippen LogP contribution is -2.34. The summed E-state index contributed by atoms with van der Waals surface area (Å²) in [5, 5.41) is 6.77. The molecule has 0 saturated heterocycles. The monoisotopic (exact) mass is 543 g/mol. The third kappa shape index (κ3) is 7.16. The molecule has 2 N–H and O–H groups in total. The first-order valence-electron chi connectivity index (χ1n) is 9.87. The van der Waals surface area contributed by atoms with Crippen molar-refractivity contribution in [3.63, 3.8) is 0 Å². The summed E-state index contributed by atoms with van der Waals surface area (Å²) in [5.41, 5.74) is 3.63. The Hall–Kier alpha value is -3.69. The molecule has 0 aliphatic rings. The topological polar surface area (TPSA) is 106 Å². The van der Waals surface area contributed by atoms with E-state index in [0.29, 0.717) is 27.5 Å². The van der Waals surface area contributed by atoms with Gasteiger partial charge in [-0.2, -0.15) is 5.10 Å². The van der Waals surface area contributed by atoms with Crippen LogP contribution in [0.5, 0.6) is 11.5 Å². The third-order valence-electron chi connectivity index (χ3n) is 4.35. The molecule has 0 saturated carbocycles. The zero-order valence-electron chi connectivity index (χ0n) is 17.9. The minimum Gasteiger partial charge on any atom is -0.493 e. The molecule has 0 unspecified atom stereocenters. The largest absolute Gasteiger partial charge is 0.493 e. The molecule has 0 aliphatic heterocycles. The van der Waals surface area contributed by atoms with Crippen LogP contribution in [0.2, 0.25) is 5.02 Å². The van der Waals surface area contributed by atoms with Gasteiger partial charge in [0.15, 0.2) is 11.5 Å². The number of nitrogens with zero attached hydrogens (tertiary/aromatic N) is 1. The van der Waals surface area contributed by atoms with Crippen LogP contribution >= 0.6 is 27.5 Å². The van der Waals surface area contributed by atoms with E-state index in [0.717, 1.165) is 4.47 Å². The SMILES string of the molecule is COc1cc(C=NNC(=O)CNC(=O)c2cccc(Cl)c2)ccc1OC(=O)c1cccc(Br)c1. The molecule has 0 fully saturated rings. The van der Waals surface area contributed by atoms with Crippen molar-refractivity contribution in [1.29, 1.82) is 0 Å². The van der Waals surface area contributed by atoms with Crippen LogP contribution in [0, 0.1) is 0 Å². The molecule has 0 bridgehead atoms. The molecule has 0 radical (unpaired) electrons. The number of hydrazone groups is 1. The zero-order chi connectivity index (χ0) is 24.5. The molecular weight excluding hydrogens is 526 g/mol. The van der Waals surface area contributed by atoms with Crippen molar-refractivity contribution in [1.82, 2.24) is 10.7 Å². The fraction of sp³-hybridized carbons (Fsp3) is 0.0833. The van der Waals surface area contributed by atoms with Gasteiger partial charge in [0.2, 0.25) is 0 Å². The highest BCUT2D eigenvalue weighted by Gasteiger charge is 2.13. The summed E-state index contributed by atoms with van der Waals surface area (Å²) < 4.78 is 11.5. The first-order chi connectivity index (χ1) is 16.4. The van der Waals surface area contributed by atoms with E-state index in [1.54, 1.807) is 60.7 Å². The highest BCUT2D eigenvalue weighted by Crippen LogP contribution is 2.28. The summed E-state index contributed by atoms with van der Waals surface area (Å²) >= 11 is 9.17. The molecule has 3 rings (SSSR count). The minimum atomic E-state index is -0.534. The lowest BCUT2D eigenvalue weighted by atomic mass is 10.2. The summed E-state index contributed by atoms with van der Waals surface area (Å²) in [4.78, 5) is 36.4. The van der Waals surface area contributed by atoms with Gasteiger partial charge in [-0.1, -0.05) is 39.7 Å². The van der Waals surface area contributed by atoms with Crippen molar-refractivity contribution in [2.24, 2.45) is 5.10 Å². The molecule has 0 aromatic heterocycles. The van der Waals surface area contributed by atoms with E-state index >= 15 is 0 Å². The van der Waals surface area contributed by atoms with Crippen LogP contribution < -0.4 is 20.2 Å². The second-order valence-corrected chi connectivity index (χ2v) is 8.15. The van der Waals surface area contributed by atoms with Gasteiger partial charge in [-0.25, -0.2) is 10.2 Å². The normalized spacial score (nSPS) is 10.6. The first-order valence-corrected chi connectivity index (χ1v) is 11.0. The van der Waals surface area contributed by atoms with E-state index in [9.17, 15) is 14.4 Å². The van der Waals surface area contributed by atoms with Crippen molar-refractivity contribution in [3.8, 4) is 11.5 Å². The molecule has 3 aromatic carbocycles. The quantitative estimate of drug-likeness (QED) is 0.191. The number of rotatable bonds is 8. The van der Waals surface area contributed by atoms with Gasteiger partial charge >= 0.3 is 5.97 Å². The number of carbonyl (C=O) groups excluding carboxylic acids is 3. The molecule has 34 heavy (non-hydrogen) atoms. The number of hydrogen-bond donors (Lipinski definition) is 2. The van der Waals surface area contributed by atoms with Crippen molar-refractivity contribution in [2.75, 3.05) is 13.7 Å². The van der Waals surface area contributed by atoms with Gasteiger partial charge in [-0.3, -0.25) is 9.59 Å². The van der Waals surface area contributed by atoms with Crippen LogP contribution in [-0.2, 0) is 4.79 Å². The second kappa shape index (κ2) is 12.0. The predicted octanol–water partition coefficient (Wildman–Crippen LogP) is 4.21. The number of carbonyl (C=O) groups is 3. The van der Waals surface area contributed by atoms with Crippen LogP contribution in [0.3, 0.4) is 0 Å². The Morgan fingerprint density at radius 3 is 2.50 bits per heavy atom. The number of ether oxygens (including phenoxy) is 2. The fourth-order valence-corrected chi connectivity index (χ4v) is 3.32. The zero-order valence-corrected chi connectivity index (χ0v) is 20.2. The number of methoxy groups -OCH3 is 1. The van der Waals surface area contributed by atoms with Gasteiger partial charge in [0.1, 0.15) is 0 Å². The molecule has 2 amide bonds. The van der Waals surface area contributed by atoms with E-state index in [1.165, 1.54) is 19.4 Å². The maximum atomic E-state index is 12.4. The first kappa shape index (κ1) is 24.9. The average molecular weight is 545 g/mol. The van der Waals surface area contributed by atoms with E-state index in [2.05, 4.69) is 31.8 Å². The lowest BCUT2D eigenvalue weighted by molar-refractivity contribution is -0.120. The molecule has 0 heterocycles. The Bertz CT molecular complexity index is 1250. The molecule has 8 nitrogen and oxygen atoms in total. The fourth-order valence-electron chi connectivity index (χ4n) is 2.73. The van der Waals surface area contributed by atoms with Crippen molar-refractivity contribution < 1.29 is 23.9 Å². The number of benzene rings is 3. The number of esters is 1. The Kier molecular flexibility index (Phi) is 8.78. The summed E-state index contributed by atoms with van der Waals surface area (Å²) in [6, 6.07) is 18.0. The molecule has 174 valence electrons. The van der Waals surface area contributed by atoms with Crippen LogP contribution in [0.25, 0.3) is 0 Å². The molecule has 0 aliphatic carbocycles. The highest BCUT2D eigenvalue weighted by molar-refractivity contribution is 9.10. The van der Waals surface area contributed by atoms with Crippen LogP contribution in [0.1, 0.15) is 26.3 Å². The van der Waals surface area contributed by atoms with Gasteiger partial charge in [0.25, 0.3) is 11.8 Å². The smallest absolute Gasteiger partial charge is 0.343 e. The minimum absolute atomic E-state index is 0.234. The Balaban J connectivity index is 1.54. The molecular formula is C24H19BrClN3O5. The number of halogens is 2. The predicted molar refractivity (Wildman–Crippen MR) is 132 cm³/mol. The second-order valence-electron chi connectivity index (χ2n) is 6.80. The summed E-state index contributed by atoms with van der Waals surface area (Å²) in [5.74, 6) is -0.935. The molecule has 0 atom stereocenters. The van der Waals surface area contributed by atoms with Gasteiger partial charge in [0.05, 0.1) is 25.4 Å². The number of hydrogen-bond acceptors (Lipinski definition) is 6. The van der Waals surface area contributed by atoms with E-state index in [4.69, 9.17) is 21.1 Å². The molecule has 10 heteroatoms. The number of amides is 2. The standard InChI is InChI=1S/C24H19BrClN3O5/c1-33-21-10-15(8-9-20(21)34-24(32)17-5-2-6-18(25)11-17)13-28-29-22(30)14-27-23(31)16-4-3-7-19(26)12-16/h2-13H,14H2,1H3,(H,27,31)(H,29,30). The van der Waals surface area contributed by atoms with Gasteiger partial charge < -0.3 is 14.8 Å². The van der Waals surface area contributed by atoms with Crippen molar-refractivity contribution >= 4 is 51.5 Å². The maximum Gasteiger partial charge on any atom is 0.343 e. The van der Waals surface area contributed by atoms with Crippen LogP contribution in [0.15, 0.2) is 76.3 Å². The summed E-state index contributed by atoms with van der Waals surface area (Å²) in [6.45, 7) is -0.267. The summed E-state index contributed by atoms with van der Waals surface area (Å²) in [6.07, 6.45) is 1.39. The van der Waals surface area contributed by atoms with E-state index < -0.39 is 17.8 Å². The Morgan fingerprint density at radius 1 is 1.00 bits per heavy atom. The van der Waals surface area contributed by atoms with E-state index in [-0.39, 0.29) is 12.3 Å². The Morgan fingerprint density at radius 2 is 1.76 bits per heavy atom. The van der Waals surface area contributed by atoms with Crippen molar-refractivity contribution in [2.45, 2.75) is 0 Å². The maximum absolute atomic E-state index is 12.4. The third-order valence-corrected chi connectivity index (χ3v) is 5.08. The number of nitrogens with one attached hydrogen (secondary N) is 2. The Labute approximate surface area is 209 Å². The highest BCUT2D eigenvalue weighted by atomic mass is 79.9. The van der Waals surface area contributed by atoms with Crippen molar-refractivity contribution in [3.05, 3.63) is 92.9 Å². The molecule has 3 aromatic rings. The van der Waals surface area contributed by atoms with Gasteiger partial charge in [-0.15, -0.1) is 0 Å². The average Bonchev–Trinajstić information content (AvgIpc) is 2.83. The van der Waals surface area contributed by atoms with E-state index in [1.807, 2.05) is 0 Å². The van der Waals surface area contributed by atoms with Crippen LogP contribution in [0.4, 0.5) is 0 Å². The van der Waals surface area contributed by atoms with Gasteiger partial charge in [0, 0.05) is 15.1 Å².